The number of urea groups is 1. The molecule has 0 bridgehead atoms. The van der Waals surface area contributed by atoms with Gasteiger partial charge in [0.1, 0.15) is 6.54 Å². The molecule has 2 N–H and O–H groups in total. The Labute approximate surface area is 155 Å². The average molecular weight is 401 g/mol. The van der Waals surface area contributed by atoms with Gasteiger partial charge < -0.3 is 10.1 Å². The molecular weight excluding hydrogens is 387 g/mol. The number of anilines is 1. The van der Waals surface area contributed by atoms with Crippen LogP contribution >= 0.6 is 0 Å². The molecule has 0 radical (unpaired) electrons. The molecule has 28 heavy (non-hydrogen) atoms. The van der Waals surface area contributed by atoms with E-state index in [9.17, 15) is 37.1 Å². The second-order valence-corrected chi connectivity index (χ2v) is 5.60. The van der Waals surface area contributed by atoms with Crippen LogP contribution in [0, 0.1) is 0 Å². The lowest BCUT2D eigenvalue weighted by Crippen LogP contribution is -2.44. The first-order valence-corrected chi connectivity index (χ1v) is 7.84. The van der Waals surface area contributed by atoms with Gasteiger partial charge in [-0.3, -0.25) is 24.6 Å². The van der Waals surface area contributed by atoms with E-state index in [1.54, 1.807) is 5.32 Å². The summed E-state index contributed by atoms with van der Waals surface area (Å²) in [6.45, 7) is -2.56. The fourth-order valence-corrected chi connectivity index (χ4v) is 2.24. The quantitative estimate of drug-likeness (QED) is 0.558. The molecule has 1 aliphatic heterocycles. The van der Waals surface area contributed by atoms with E-state index in [0.717, 1.165) is 4.90 Å². The second-order valence-electron chi connectivity index (χ2n) is 5.60. The molecule has 0 spiro atoms. The lowest BCUT2D eigenvalue weighted by Gasteiger charge is -2.14. The van der Waals surface area contributed by atoms with E-state index in [0.29, 0.717) is 0 Å². The van der Waals surface area contributed by atoms with Crippen molar-refractivity contribution in [2.45, 2.75) is 19.0 Å². The number of hydrogen-bond donors (Lipinski definition) is 2. The van der Waals surface area contributed by atoms with Crippen LogP contribution in [0.25, 0.3) is 0 Å². The highest BCUT2D eigenvalue weighted by atomic mass is 19.4. The number of carbonyl (C=O) groups excluding carboxylic acids is 5. The highest BCUT2D eigenvalue weighted by Gasteiger charge is 2.31. The van der Waals surface area contributed by atoms with Crippen molar-refractivity contribution in [1.82, 2.24) is 10.6 Å². The Kier molecular flexibility index (Phi) is 6.33. The van der Waals surface area contributed by atoms with Gasteiger partial charge >= 0.3 is 18.2 Å². The lowest BCUT2D eigenvalue weighted by molar-refractivity contribution is -0.125. The summed E-state index contributed by atoms with van der Waals surface area (Å²) in [5.41, 5.74) is 0.0947. The summed E-state index contributed by atoms with van der Waals surface area (Å²) in [6, 6.07) is 3.97. The molecule has 5 amide bonds. The van der Waals surface area contributed by atoms with Gasteiger partial charge in [0.05, 0.1) is 11.3 Å². The van der Waals surface area contributed by atoms with Gasteiger partial charge in [-0.25, -0.2) is 9.59 Å². The average Bonchev–Trinajstić information content (AvgIpc) is 2.96. The minimum Gasteiger partial charge on any atom is -0.452 e. The van der Waals surface area contributed by atoms with Crippen LogP contribution < -0.4 is 15.5 Å². The number of nitrogens with zero attached hydrogens (tertiary/aromatic N) is 1. The number of halogens is 3. The van der Waals surface area contributed by atoms with Crippen LogP contribution in [0.15, 0.2) is 24.3 Å². The maximum Gasteiger partial charge on any atom is 0.405 e. The molecule has 0 atom stereocenters. The fourth-order valence-electron chi connectivity index (χ4n) is 2.24. The molecule has 150 valence electrons. The molecule has 0 unspecified atom stereocenters. The van der Waals surface area contributed by atoms with E-state index in [2.05, 4.69) is 4.74 Å². The van der Waals surface area contributed by atoms with Gasteiger partial charge in [0.2, 0.25) is 11.8 Å². The van der Waals surface area contributed by atoms with Gasteiger partial charge in [-0.05, 0) is 18.2 Å². The van der Waals surface area contributed by atoms with E-state index in [1.807, 2.05) is 0 Å². The summed E-state index contributed by atoms with van der Waals surface area (Å²) < 4.78 is 40.5. The summed E-state index contributed by atoms with van der Waals surface area (Å²) in [7, 11) is 0. The van der Waals surface area contributed by atoms with E-state index in [1.165, 1.54) is 29.6 Å². The molecule has 0 saturated carbocycles. The Morgan fingerprint density at radius 2 is 1.75 bits per heavy atom. The van der Waals surface area contributed by atoms with Gasteiger partial charge in [-0.2, -0.15) is 13.2 Å². The van der Waals surface area contributed by atoms with Gasteiger partial charge in [0.15, 0.2) is 6.61 Å². The van der Waals surface area contributed by atoms with Gasteiger partial charge in [0.25, 0.3) is 5.91 Å². The van der Waals surface area contributed by atoms with Crippen LogP contribution in [-0.4, -0.2) is 49.0 Å². The van der Waals surface area contributed by atoms with Crippen LogP contribution in [0.3, 0.4) is 0 Å². The van der Waals surface area contributed by atoms with Crippen LogP contribution in [-0.2, 0) is 19.1 Å². The number of rotatable bonds is 5. The van der Waals surface area contributed by atoms with E-state index < -0.39 is 49.0 Å². The standard InChI is InChI=1S/C16H14F3N3O6/c17-16(18,19)8-20-15(27)21-11(23)7-28-14(26)9-2-1-3-10(6-9)22-12(24)4-5-13(22)25/h1-3,6H,4-5,7-8H2,(H2,20,21,23,27). The predicted molar refractivity (Wildman–Crippen MR) is 86.0 cm³/mol. The number of benzene rings is 1. The Balaban J connectivity index is 1.89. The Bertz CT molecular complexity index is 808. The normalized spacial score (nSPS) is 14.0. The van der Waals surface area contributed by atoms with E-state index in [-0.39, 0.29) is 24.1 Å². The van der Waals surface area contributed by atoms with Crippen molar-refractivity contribution in [3.63, 3.8) is 0 Å². The highest BCUT2D eigenvalue weighted by molar-refractivity contribution is 6.20. The van der Waals surface area contributed by atoms with E-state index >= 15 is 0 Å². The smallest absolute Gasteiger partial charge is 0.405 e. The zero-order valence-corrected chi connectivity index (χ0v) is 14.2. The van der Waals surface area contributed by atoms with Crippen molar-refractivity contribution in [2.75, 3.05) is 18.1 Å². The lowest BCUT2D eigenvalue weighted by atomic mass is 10.2. The van der Waals surface area contributed by atoms with Crippen LogP contribution in [0.1, 0.15) is 23.2 Å². The third kappa shape index (κ3) is 5.79. The maximum absolute atomic E-state index is 12.0. The number of carbonyl (C=O) groups is 5. The summed E-state index contributed by atoms with van der Waals surface area (Å²) in [6.07, 6.45) is -4.52. The Morgan fingerprint density at radius 3 is 2.36 bits per heavy atom. The molecule has 1 heterocycles. The number of ether oxygens (including phenoxy) is 1. The number of imide groups is 2. The molecule has 1 aromatic rings. The zero-order valence-electron chi connectivity index (χ0n) is 14.2. The third-order valence-electron chi connectivity index (χ3n) is 3.43. The van der Waals surface area contributed by atoms with Crippen molar-refractivity contribution in [3.05, 3.63) is 29.8 Å². The van der Waals surface area contributed by atoms with Crippen LogP contribution in [0.2, 0.25) is 0 Å². The van der Waals surface area contributed by atoms with Crippen LogP contribution in [0.4, 0.5) is 23.7 Å². The number of nitrogens with one attached hydrogen (secondary N) is 2. The molecule has 1 aromatic carbocycles. The van der Waals surface area contributed by atoms with Crippen molar-refractivity contribution in [3.8, 4) is 0 Å². The molecule has 1 fully saturated rings. The SMILES string of the molecule is O=C(COC(=O)c1cccc(N2C(=O)CCC2=O)c1)NC(=O)NCC(F)(F)F. The number of hydrogen-bond acceptors (Lipinski definition) is 6. The van der Waals surface area contributed by atoms with E-state index in [4.69, 9.17) is 0 Å². The maximum atomic E-state index is 12.0. The minimum absolute atomic E-state index is 0.0596. The molecular formula is C16H14F3N3O6. The predicted octanol–water partition coefficient (Wildman–Crippen LogP) is 0.885. The van der Waals surface area contributed by atoms with Crippen molar-refractivity contribution in [2.24, 2.45) is 0 Å². The summed E-state index contributed by atoms with van der Waals surface area (Å²) in [5.74, 6) is -2.97. The zero-order chi connectivity index (χ0) is 20.9. The van der Waals surface area contributed by atoms with Gasteiger partial charge in [-0.15, -0.1) is 0 Å². The molecule has 2 rings (SSSR count). The monoisotopic (exact) mass is 401 g/mol. The summed E-state index contributed by atoms with van der Waals surface area (Å²) in [5, 5.41) is 2.98. The first kappa shape index (κ1) is 20.9. The highest BCUT2D eigenvalue weighted by Crippen LogP contribution is 2.23. The van der Waals surface area contributed by atoms with Gasteiger partial charge in [-0.1, -0.05) is 6.07 Å². The largest absolute Gasteiger partial charge is 0.452 e. The Hall–Kier alpha value is -3.44. The van der Waals surface area contributed by atoms with Crippen LogP contribution in [0.5, 0.6) is 0 Å². The first-order valence-electron chi connectivity index (χ1n) is 7.84. The molecule has 9 nitrogen and oxygen atoms in total. The number of alkyl halides is 3. The molecule has 12 heteroatoms. The molecule has 0 aliphatic carbocycles. The molecule has 1 aliphatic rings. The summed E-state index contributed by atoms with van der Waals surface area (Å²) in [4.78, 5) is 58.9. The van der Waals surface area contributed by atoms with Crippen molar-refractivity contribution >= 4 is 35.4 Å². The molecule has 0 aromatic heterocycles. The van der Waals surface area contributed by atoms with Gasteiger partial charge in [0, 0.05) is 12.8 Å². The second kappa shape index (κ2) is 8.50. The minimum atomic E-state index is -4.64. The topological polar surface area (TPSA) is 122 Å². The van der Waals surface area contributed by atoms with Crippen molar-refractivity contribution < 1.29 is 41.9 Å². The Morgan fingerprint density at radius 1 is 1.11 bits per heavy atom. The number of esters is 1. The van der Waals surface area contributed by atoms with Crippen molar-refractivity contribution in [1.29, 1.82) is 0 Å². The molecule has 1 saturated heterocycles. The summed E-state index contributed by atoms with van der Waals surface area (Å²) >= 11 is 0. The third-order valence-corrected chi connectivity index (χ3v) is 3.43. The first-order chi connectivity index (χ1) is 13.1. The number of amides is 5. The fraction of sp³-hybridized carbons (Fsp3) is 0.312.